The average Bonchev–Trinajstić information content (AvgIpc) is 2.65. The molecule has 1 amide bonds. The van der Waals surface area contributed by atoms with Gasteiger partial charge in [-0.05, 0) is 25.5 Å². The van der Waals surface area contributed by atoms with E-state index in [9.17, 15) is 4.79 Å². The SMILES string of the molecule is C=CCN1CCCN(C(=O)c2ccc(C)cc2)CC1. The first-order valence-corrected chi connectivity index (χ1v) is 6.90. The Morgan fingerprint density at radius 2 is 1.95 bits per heavy atom. The summed E-state index contributed by atoms with van der Waals surface area (Å²) in [5.41, 5.74) is 1.98. The fourth-order valence-corrected chi connectivity index (χ4v) is 2.42. The fourth-order valence-electron chi connectivity index (χ4n) is 2.42. The topological polar surface area (TPSA) is 23.6 Å². The van der Waals surface area contributed by atoms with Gasteiger partial charge in [0.25, 0.3) is 5.91 Å². The molecule has 0 atom stereocenters. The van der Waals surface area contributed by atoms with Crippen LogP contribution in [0, 0.1) is 6.92 Å². The molecule has 1 aromatic rings. The molecule has 0 unspecified atom stereocenters. The number of carbonyl (C=O) groups is 1. The van der Waals surface area contributed by atoms with Crippen molar-refractivity contribution in [1.29, 1.82) is 0 Å². The van der Waals surface area contributed by atoms with E-state index in [2.05, 4.69) is 11.5 Å². The van der Waals surface area contributed by atoms with Crippen LogP contribution in [0.2, 0.25) is 0 Å². The summed E-state index contributed by atoms with van der Waals surface area (Å²) < 4.78 is 0. The molecule has 0 saturated carbocycles. The molecular weight excluding hydrogens is 236 g/mol. The van der Waals surface area contributed by atoms with Crippen molar-refractivity contribution in [2.45, 2.75) is 13.3 Å². The minimum Gasteiger partial charge on any atom is -0.337 e. The molecule has 1 saturated heterocycles. The average molecular weight is 258 g/mol. The first-order valence-electron chi connectivity index (χ1n) is 6.90. The Morgan fingerprint density at radius 1 is 1.21 bits per heavy atom. The zero-order chi connectivity index (χ0) is 13.7. The molecule has 1 fully saturated rings. The number of nitrogens with zero attached hydrogens (tertiary/aromatic N) is 2. The predicted molar refractivity (Wildman–Crippen MR) is 78.3 cm³/mol. The predicted octanol–water partition coefficient (Wildman–Crippen LogP) is 2.33. The highest BCUT2D eigenvalue weighted by molar-refractivity contribution is 5.94. The van der Waals surface area contributed by atoms with E-state index in [1.54, 1.807) is 0 Å². The lowest BCUT2D eigenvalue weighted by Gasteiger charge is -2.21. The molecule has 1 aliphatic heterocycles. The Morgan fingerprint density at radius 3 is 2.63 bits per heavy atom. The van der Waals surface area contributed by atoms with Crippen LogP contribution in [-0.2, 0) is 0 Å². The molecule has 3 heteroatoms. The van der Waals surface area contributed by atoms with Crippen molar-refractivity contribution in [1.82, 2.24) is 9.80 Å². The van der Waals surface area contributed by atoms with Crippen LogP contribution in [0.15, 0.2) is 36.9 Å². The van der Waals surface area contributed by atoms with E-state index < -0.39 is 0 Å². The van der Waals surface area contributed by atoms with Crippen molar-refractivity contribution in [3.05, 3.63) is 48.0 Å². The maximum Gasteiger partial charge on any atom is 0.253 e. The summed E-state index contributed by atoms with van der Waals surface area (Å²) in [6, 6.07) is 7.83. The minimum absolute atomic E-state index is 0.153. The van der Waals surface area contributed by atoms with Gasteiger partial charge in [0.05, 0.1) is 0 Å². The summed E-state index contributed by atoms with van der Waals surface area (Å²) in [4.78, 5) is 16.7. The van der Waals surface area contributed by atoms with Crippen molar-refractivity contribution in [2.24, 2.45) is 0 Å². The number of amides is 1. The molecule has 2 rings (SSSR count). The number of hydrogen-bond donors (Lipinski definition) is 0. The van der Waals surface area contributed by atoms with Crippen LogP contribution in [-0.4, -0.2) is 48.4 Å². The maximum absolute atomic E-state index is 12.4. The summed E-state index contributed by atoms with van der Waals surface area (Å²) in [6.07, 6.45) is 2.96. The van der Waals surface area contributed by atoms with Crippen LogP contribution >= 0.6 is 0 Å². The summed E-state index contributed by atoms with van der Waals surface area (Å²) in [5.74, 6) is 0.153. The zero-order valence-corrected chi connectivity index (χ0v) is 11.6. The maximum atomic E-state index is 12.4. The molecule has 0 aromatic heterocycles. The highest BCUT2D eigenvalue weighted by atomic mass is 16.2. The van der Waals surface area contributed by atoms with Gasteiger partial charge in [-0.3, -0.25) is 9.69 Å². The highest BCUT2D eigenvalue weighted by Gasteiger charge is 2.19. The smallest absolute Gasteiger partial charge is 0.253 e. The third-order valence-electron chi connectivity index (χ3n) is 3.56. The molecule has 0 aliphatic carbocycles. The van der Waals surface area contributed by atoms with Crippen molar-refractivity contribution in [3.8, 4) is 0 Å². The largest absolute Gasteiger partial charge is 0.337 e. The lowest BCUT2D eigenvalue weighted by molar-refractivity contribution is 0.0762. The van der Waals surface area contributed by atoms with Crippen LogP contribution in [0.5, 0.6) is 0 Å². The van der Waals surface area contributed by atoms with Crippen LogP contribution in [0.1, 0.15) is 22.3 Å². The van der Waals surface area contributed by atoms with E-state index in [-0.39, 0.29) is 5.91 Å². The van der Waals surface area contributed by atoms with E-state index in [0.29, 0.717) is 0 Å². The van der Waals surface area contributed by atoms with Gasteiger partial charge in [-0.15, -0.1) is 6.58 Å². The Hall–Kier alpha value is -1.61. The van der Waals surface area contributed by atoms with Gasteiger partial charge in [0.1, 0.15) is 0 Å². The third kappa shape index (κ3) is 3.67. The third-order valence-corrected chi connectivity index (χ3v) is 3.56. The number of aryl methyl sites for hydroxylation is 1. The second kappa shape index (κ2) is 6.53. The second-order valence-corrected chi connectivity index (χ2v) is 5.10. The van der Waals surface area contributed by atoms with Crippen molar-refractivity contribution >= 4 is 5.91 Å². The van der Waals surface area contributed by atoms with Gasteiger partial charge in [-0.2, -0.15) is 0 Å². The molecule has 0 spiro atoms. The Bertz CT molecular complexity index is 439. The van der Waals surface area contributed by atoms with Gasteiger partial charge in [0.2, 0.25) is 0 Å². The molecule has 1 heterocycles. The first-order chi connectivity index (χ1) is 9.20. The van der Waals surface area contributed by atoms with Gasteiger partial charge in [-0.1, -0.05) is 23.8 Å². The van der Waals surface area contributed by atoms with Gasteiger partial charge >= 0.3 is 0 Å². The molecular formula is C16H22N2O. The number of benzene rings is 1. The lowest BCUT2D eigenvalue weighted by atomic mass is 10.1. The fraction of sp³-hybridized carbons (Fsp3) is 0.438. The molecule has 19 heavy (non-hydrogen) atoms. The van der Waals surface area contributed by atoms with E-state index in [0.717, 1.165) is 44.7 Å². The molecule has 3 nitrogen and oxygen atoms in total. The second-order valence-electron chi connectivity index (χ2n) is 5.10. The monoisotopic (exact) mass is 258 g/mol. The minimum atomic E-state index is 0.153. The van der Waals surface area contributed by atoms with E-state index in [1.165, 1.54) is 5.56 Å². The van der Waals surface area contributed by atoms with E-state index >= 15 is 0 Å². The van der Waals surface area contributed by atoms with Gasteiger partial charge in [-0.25, -0.2) is 0 Å². The van der Waals surface area contributed by atoms with E-state index in [4.69, 9.17) is 0 Å². The van der Waals surface area contributed by atoms with Gasteiger partial charge < -0.3 is 4.90 Å². The summed E-state index contributed by atoms with van der Waals surface area (Å²) in [7, 11) is 0. The highest BCUT2D eigenvalue weighted by Crippen LogP contribution is 2.10. The van der Waals surface area contributed by atoms with Gasteiger partial charge in [0.15, 0.2) is 0 Å². The Kier molecular flexibility index (Phi) is 4.74. The van der Waals surface area contributed by atoms with Crippen LogP contribution in [0.3, 0.4) is 0 Å². The standard InChI is InChI=1S/C16H22N2O/c1-3-9-17-10-4-11-18(13-12-17)16(19)15-7-5-14(2)6-8-15/h3,5-8H,1,4,9-13H2,2H3. The number of hydrogen-bond acceptors (Lipinski definition) is 2. The van der Waals surface area contributed by atoms with Crippen LogP contribution in [0.4, 0.5) is 0 Å². The molecule has 1 aliphatic rings. The van der Waals surface area contributed by atoms with Crippen molar-refractivity contribution in [2.75, 3.05) is 32.7 Å². The number of rotatable bonds is 3. The molecule has 1 aromatic carbocycles. The first kappa shape index (κ1) is 13.8. The zero-order valence-electron chi connectivity index (χ0n) is 11.6. The normalized spacial score (nSPS) is 17.0. The molecule has 0 radical (unpaired) electrons. The molecule has 0 bridgehead atoms. The summed E-state index contributed by atoms with van der Waals surface area (Å²) in [5, 5.41) is 0. The number of carbonyl (C=O) groups excluding carboxylic acids is 1. The van der Waals surface area contributed by atoms with Crippen LogP contribution < -0.4 is 0 Å². The summed E-state index contributed by atoms with van der Waals surface area (Å²) in [6.45, 7) is 10.4. The lowest BCUT2D eigenvalue weighted by Crippen LogP contribution is -2.35. The van der Waals surface area contributed by atoms with Crippen molar-refractivity contribution < 1.29 is 4.79 Å². The summed E-state index contributed by atoms with van der Waals surface area (Å²) >= 11 is 0. The van der Waals surface area contributed by atoms with Crippen LogP contribution in [0.25, 0.3) is 0 Å². The quantitative estimate of drug-likeness (QED) is 0.777. The van der Waals surface area contributed by atoms with Gasteiger partial charge in [0, 0.05) is 38.3 Å². The Labute approximate surface area is 115 Å². The van der Waals surface area contributed by atoms with E-state index in [1.807, 2.05) is 42.2 Å². The molecule has 102 valence electrons. The molecule has 0 N–H and O–H groups in total. The van der Waals surface area contributed by atoms with Crippen molar-refractivity contribution in [3.63, 3.8) is 0 Å². The Balaban J connectivity index is 1.99.